The summed E-state index contributed by atoms with van der Waals surface area (Å²) in [6.45, 7) is 7.80. The van der Waals surface area contributed by atoms with Crippen LogP contribution in [-0.4, -0.2) is 30.0 Å². The van der Waals surface area contributed by atoms with E-state index in [0.717, 1.165) is 51.3 Å². The molecule has 1 unspecified atom stereocenters. The molecule has 49 heavy (non-hydrogen) atoms. The number of aryl methyl sites for hydroxylation is 1. The summed E-state index contributed by atoms with van der Waals surface area (Å²) in [4.78, 5) is 21.7. The first-order valence-corrected chi connectivity index (χ1v) is 16.1. The topological polar surface area (TPSA) is 109 Å². The van der Waals surface area contributed by atoms with E-state index in [9.17, 15) is 13.9 Å². The van der Waals surface area contributed by atoms with Crippen LogP contribution in [0, 0.1) is 11.6 Å². The fourth-order valence-corrected chi connectivity index (χ4v) is 4.98. The van der Waals surface area contributed by atoms with Gasteiger partial charge in [-0.15, -0.1) is 0 Å². The van der Waals surface area contributed by atoms with Gasteiger partial charge in [-0.1, -0.05) is 31.2 Å². The molecule has 250 valence electrons. The van der Waals surface area contributed by atoms with E-state index >= 15 is 0 Å². The second-order valence-electron chi connectivity index (χ2n) is 11.7. The zero-order valence-corrected chi connectivity index (χ0v) is 27.8. The summed E-state index contributed by atoms with van der Waals surface area (Å²) in [5.74, 6) is 0.930. The summed E-state index contributed by atoms with van der Waals surface area (Å²) in [6, 6.07) is 20.7. The maximum absolute atomic E-state index is 13.0. The molecule has 3 atom stereocenters. The lowest BCUT2D eigenvalue weighted by atomic mass is 10.1. The zero-order valence-electron chi connectivity index (χ0n) is 27.8. The van der Waals surface area contributed by atoms with Crippen molar-refractivity contribution in [3.8, 4) is 22.4 Å². The SMILES string of the molecule is CC(O)c1cncc(-c2ccc(N[C@H](C)c3ccc(F)cc3)nc2)c1.CCc1cncc(-c2cnc(N[C@H](C)c3ccc(F)cc3)cn2)c1. The molecule has 0 amide bonds. The average molecular weight is 660 g/mol. The second-order valence-corrected chi connectivity index (χ2v) is 11.7. The van der Waals surface area contributed by atoms with Gasteiger partial charge in [-0.3, -0.25) is 15.0 Å². The number of hydrogen-bond donors (Lipinski definition) is 3. The Morgan fingerprint density at radius 2 is 1.16 bits per heavy atom. The third-order valence-electron chi connectivity index (χ3n) is 7.96. The van der Waals surface area contributed by atoms with E-state index in [-0.39, 0.29) is 23.7 Å². The Morgan fingerprint density at radius 1 is 0.571 bits per heavy atom. The highest BCUT2D eigenvalue weighted by Crippen LogP contribution is 2.25. The van der Waals surface area contributed by atoms with Gasteiger partial charge in [0, 0.05) is 59.8 Å². The van der Waals surface area contributed by atoms with Crippen LogP contribution in [0.4, 0.5) is 20.4 Å². The quantitative estimate of drug-likeness (QED) is 0.134. The Labute approximate surface area is 285 Å². The molecule has 0 aliphatic rings. The third-order valence-corrected chi connectivity index (χ3v) is 7.96. The van der Waals surface area contributed by atoms with Crippen molar-refractivity contribution in [3.63, 3.8) is 0 Å². The Morgan fingerprint density at radius 3 is 1.71 bits per heavy atom. The molecule has 6 aromatic rings. The highest BCUT2D eigenvalue weighted by molar-refractivity contribution is 5.63. The van der Waals surface area contributed by atoms with Crippen LogP contribution in [0.2, 0.25) is 0 Å². The van der Waals surface area contributed by atoms with Gasteiger partial charge in [0.1, 0.15) is 23.3 Å². The number of benzene rings is 2. The molecule has 0 saturated carbocycles. The number of rotatable bonds is 10. The molecule has 3 N–H and O–H groups in total. The molecule has 0 spiro atoms. The van der Waals surface area contributed by atoms with Crippen LogP contribution in [0.3, 0.4) is 0 Å². The monoisotopic (exact) mass is 659 g/mol. The normalized spacial score (nSPS) is 12.6. The molecule has 0 fully saturated rings. The van der Waals surface area contributed by atoms with E-state index < -0.39 is 6.10 Å². The van der Waals surface area contributed by atoms with Gasteiger partial charge in [-0.25, -0.2) is 18.7 Å². The van der Waals surface area contributed by atoms with Gasteiger partial charge in [0.25, 0.3) is 0 Å². The van der Waals surface area contributed by atoms with Crippen molar-refractivity contribution in [1.29, 1.82) is 0 Å². The molecule has 2 aromatic carbocycles. The molecule has 0 bridgehead atoms. The van der Waals surface area contributed by atoms with Crippen LogP contribution < -0.4 is 10.6 Å². The standard InChI is InChI=1S/C20H20FN3O.C19H19FN4/c1-13(15-3-6-19(21)7-4-15)24-20-8-5-16(12-23-20)18-9-17(14(2)25)10-22-11-18;1-3-14-8-16(10-21-9-14)18-11-23-19(12-22-18)24-13(2)15-4-6-17(20)7-5-15/h3-14,25H,1-2H3,(H,23,24);4-13H,3H2,1-2H3,(H,23,24)/t13-,14?;13-/m11/s1. The van der Waals surface area contributed by atoms with Crippen LogP contribution >= 0.6 is 0 Å². The molecule has 0 radical (unpaired) electrons. The minimum Gasteiger partial charge on any atom is -0.389 e. The lowest BCUT2D eigenvalue weighted by molar-refractivity contribution is 0.199. The Kier molecular flexibility index (Phi) is 11.7. The predicted molar refractivity (Wildman–Crippen MR) is 190 cm³/mol. The second kappa shape index (κ2) is 16.5. The number of aliphatic hydroxyl groups excluding tert-OH is 1. The van der Waals surface area contributed by atoms with Crippen molar-refractivity contribution < 1.29 is 13.9 Å². The Hall–Kier alpha value is -5.61. The summed E-state index contributed by atoms with van der Waals surface area (Å²) in [6.07, 6.45) is 12.6. The van der Waals surface area contributed by atoms with Crippen LogP contribution in [0.5, 0.6) is 0 Å². The van der Waals surface area contributed by atoms with Crippen molar-refractivity contribution in [2.45, 2.75) is 52.3 Å². The molecule has 10 heteroatoms. The number of nitrogens with one attached hydrogen (secondary N) is 2. The fraction of sp³-hybridized carbons (Fsp3) is 0.205. The minimum absolute atomic E-state index is 0.0100. The number of anilines is 2. The first-order valence-electron chi connectivity index (χ1n) is 16.1. The van der Waals surface area contributed by atoms with Gasteiger partial charge in [-0.05, 0) is 98.0 Å². The van der Waals surface area contributed by atoms with Crippen molar-refractivity contribution in [2.24, 2.45) is 0 Å². The average Bonchev–Trinajstić information content (AvgIpc) is 3.13. The van der Waals surface area contributed by atoms with Crippen molar-refractivity contribution in [1.82, 2.24) is 24.9 Å². The van der Waals surface area contributed by atoms with Crippen molar-refractivity contribution in [3.05, 3.63) is 150 Å². The number of aliphatic hydroxyl groups is 1. The van der Waals surface area contributed by atoms with E-state index in [1.807, 2.05) is 38.2 Å². The van der Waals surface area contributed by atoms with E-state index in [1.54, 1.807) is 68.4 Å². The van der Waals surface area contributed by atoms with Crippen molar-refractivity contribution >= 4 is 11.6 Å². The summed E-state index contributed by atoms with van der Waals surface area (Å²) in [5.41, 5.74) is 7.49. The smallest absolute Gasteiger partial charge is 0.144 e. The Bertz CT molecular complexity index is 1920. The predicted octanol–water partition coefficient (Wildman–Crippen LogP) is 8.92. The lowest BCUT2D eigenvalue weighted by Gasteiger charge is -2.15. The maximum atomic E-state index is 13.0. The van der Waals surface area contributed by atoms with Crippen LogP contribution in [-0.2, 0) is 6.42 Å². The van der Waals surface area contributed by atoms with E-state index in [1.165, 1.54) is 29.8 Å². The molecular weight excluding hydrogens is 620 g/mol. The van der Waals surface area contributed by atoms with Crippen LogP contribution in [0.1, 0.15) is 68.1 Å². The molecule has 0 aliphatic heterocycles. The summed E-state index contributed by atoms with van der Waals surface area (Å²) in [7, 11) is 0. The lowest BCUT2D eigenvalue weighted by Crippen LogP contribution is -2.08. The number of nitrogens with zero attached hydrogens (tertiary/aromatic N) is 5. The van der Waals surface area contributed by atoms with E-state index in [2.05, 4.69) is 48.5 Å². The molecule has 8 nitrogen and oxygen atoms in total. The van der Waals surface area contributed by atoms with Gasteiger partial charge in [0.2, 0.25) is 0 Å². The van der Waals surface area contributed by atoms with E-state index in [0.29, 0.717) is 5.82 Å². The molecule has 6 rings (SSSR count). The highest BCUT2D eigenvalue weighted by atomic mass is 19.1. The van der Waals surface area contributed by atoms with Gasteiger partial charge >= 0.3 is 0 Å². The van der Waals surface area contributed by atoms with Crippen molar-refractivity contribution in [2.75, 3.05) is 10.6 Å². The summed E-state index contributed by atoms with van der Waals surface area (Å²) >= 11 is 0. The third kappa shape index (κ3) is 9.71. The molecule has 4 heterocycles. The van der Waals surface area contributed by atoms with Gasteiger partial charge in [0.15, 0.2) is 0 Å². The van der Waals surface area contributed by atoms with E-state index in [4.69, 9.17) is 0 Å². The number of aromatic nitrogens is 5. The first-order chi connectivity index (χ1) is 23.7. The highest BCUT2D eigenvalue weighted by Gasteiger charge is 2.10. The molecule has 0 aliphatic carbocycles. The summed E-state index contributed by atoms with van der Waals surface area (Å²) in [5, 5.41) is 16.2. The number of halogens is 2. The van der Waals surface area contributed by atoms with Gasteiger partial charge < -0.3 is 15.7 Å². The maximum Gasteiger partial charge on any atom is 0.144 e. The molecule has 4 aromatic heterocycles. The van der Waals surface area contributed by atoms with Crippen LogP contribution in [0.25, 0.3) is 22.4 Å². The number of hydrogen-bond acceptors (Lipinski definition) is 8. The van der Waals surface area contributed by atoms with Gasteiger partial charge in [0.05, 0.1) is 24.2 Å². The van der Waals surface area contributed by atoms with Gasteiger partial charge in [-0.2, -0.15) is 0 Å². The van der Waals surface area contributed by atoms with Crippen LogP contribution in [0.15, 0.2) is 116 Å². The summed E-state index contributed by atoms with van der Waals surface area (Å²) < 4.78 is 26.0. The molecule has 0 saturated heterocycles. The fourth-order valence-electron chi connectivity index (χ4n) is 4.98. The minimum atomic E-state index is -0.557. The first kappa shape index (κ1) is 34.7. The largest absolute Gasteiger partial charge is 0.389 e. The number of pyridine rings is 3. The molecular formula is C39H39F2N7O. The zero-order chi connectivity index (χ0) is 34.8. The Balaban J connectivity index is 0.000000191.